The minimum atomic E-state index is 0.861. The Labute approximate surface area is 155 Å². The molecule has 0 aromatic heterocycles. The van der Waals surface area contributed by atoms with Crippen LogP contribution in [0.4, 0.5) is 5.69 Å². The van der Waals surface area contributed by atoms with Crippen molar-refractivity contribution in [3.05, 3.63) is 88.9 Å². The predicted octanol–water partition coefficient (Wildman–Crippen LogP) is 6.00. The van der Waals surface area contributed by atoms with E-state index in [0.717, 1.165) is 15.9 Å². The van der Waals surface area contributed by atoms with Gasteiger partial charge < -0.3 is 0 Å². The summed E-state index contributed by atoms with van der Waals surface area (Å²) in [6.07, 6.45) is 0. The second-order valence-electron chi connectivity index (χ2n) is 5.34. The second-order valence-corrected chi connectivity index (χ2v) is 7.24. The molecule has 0 saturated heterocycles. The Kier molecular flexibility index (Phi) is 5.72. The number of benzene rings is 3. The molecule has 0 aliphatic heterocycles. The molecular weight excluding hydrogens is 380 g/mol. The van der Waals surface area contributed by atoms with E-state index in [4.69, 9.17) is 0 Å². The van der Waals surface area contributed by atoms with Crippen LogP contribution in [0, 0.1) is 0 Å². The van der Waals surface area contributed by atoms with Gasteiger partial charge in [0.1, 0.15) is 0 Å². The van der Waals surface area contributed by atoms with Gasteiger partial charge >= 0.3 is 0 Å². The summed E-state index contributed by atoms with van der Waals surface area (Å²) in [5.41, 5.74) is 8.00. The number of halogens is 1. The van der Waals surface area contributed by atoms with Crippen LogP contribution in [0.2, 0.25) is 0 Å². The van der Waals surface area contributed by atoms with Gasteiger partial charge in [0.2, 0.25) is 0 Å². The minimum Gasteiger partial charge on any atom is -0.153 e. The number of nitrogens with one attached hydrogen (secondary N) is 1. The first-order chi connectivity index (χ1) is 11.7. The number of anilines is 1. The van der Waals surface area contributed by atoms with Crippen LogP contribution < -0.4 is 5.43 Å². The van der Waals surface area contributed by atoms with Crippen LogP contribution >= 0.6 is 27.9 Å². The molecule has 0 aliphatic rings. The zero-order valence-corrected chi connectivity index (χ0v) is 15.6. The molecule has 0 radical (unpaired) electrons. The van der Waals surface area contributed by atoms with E-state index < -0.39 is 0 Å². The summed E-state index contributed by atoms with van der Waals surface area (Å²) in [5, 5.41) is 0. The molecule has 0 atom stereocenters. The summed E-state index contributed by atoms with van der Waals surface area (Å²) in [7, 11) is 0. The molecule has 24 heavy (non-hydrogen) atoms. The summed E-state index contributed by atoms with van der Waals surface area (Å²) >= 11 is 5.10. The van der Waals surface area contributed by atoms with Gasteiger partial charge in [0.15, 0.2) is 18.7 Å². The lowest BCUT2D eigenvalue weighted by atomic mass is 10.0. The van der Waals surface area contributed by atoms with Gasteiger partial charge in [0, 0.05) is 4.47 Å². The zero-order valence-electron chi connectivity index (χ0n) is 13.2. The Balaban J connectivity index is 1.56. The number of nitrogens with zero attached hydrogens (tertiary/aromatic N) is 1. The van der Waals surface area contributed by atoms with Crippen LogP contribution in [-0.2, 0) is 5.75 Å². The molecule has 4 heteroatoms. The predicted molar refractivity (Wildman–Crippen MR) is 108 cm³/mol. The van der Waals surface area contributed by atoms with Crippen molar-refractivity contribution < 1.29 is 4.09 Å². The molecule has 3 aromatic rings. The highest BCUT2D eigenvalue weighted by Crippen LogP contribution is 2.22. The Hall–Kier alpha value is -2.04. The highest BCUT2D eigenvalue weighted by molar-refractivity contribution is 9.10. The van der Waals surface area contributed by atoms with Crippen molar-refractivity contribution in [3.8, 4) is 11.1 Å². The molecule has 3 rings (SSSR count). The van der Waals surface area contributed by atoms with Crippen molar-refractivity contribution in [2.24, 2.45) is 0 Å². The van der Waals surface area contributed by atoms with E-state index >= 15 is 0 Å². The molecule has 1 N–H and O–H groups in total. The molecule has 120 valence electrons. The molecule has 0 spiro atoms. The van der Waals surface area contributed by atoms with E-state index in [-0.39, 0.29) is 0 Å². The Morgan fingerprint density at radius 2 is 1.58 bits per heavy atom. The number of hydrazone groups is 1. The fraction of sp³-hybridized carbons (Fsp3) is 0.0500. The molecule has 2 nitrogen and oxygen atoms in total. The van der Waals surface area contributed by atoms with Crippen LogP contribution in [-0.4, -0.2) is 10.8 Å². The smallest absolute Gasteiger partial charge is 0.153 e. The zero-order chi connectivity index (χ0) is 16.8. The molecule has 0 unspecified atom stereocenters. The summed E-state index contributed by atoms with van der Waals surface area (Å²) in [4.78, 5) is 0. The van der Waals surface area contributed by atoms with Crippen LogP contribution in [0.25, 0.3) is 11.1 Å². The molecule has 0 aliphatic carbocycles. The SMILES string of the molecule is C=[N+](Nc1cccc(Br)c1)SCc1ccc(-c2ccccc2)cc1. The van der Waals surface area contributed by atoms with Gasteiger partial charge in [0.05, 0.1) is 11.4 Å². The quantitative estimate of drug-likeness (QED) is 0.237. The largest absolute Gasteiger partial charge is 0.194 e. The molecule has 3 aromatic carbocycles. The van der Waals surface area contributed by atoms with Crippen LogP contribution in [0.15, 0.2) is 83.3 Å². The Morgan fingerprint density at radius 3 is 2.29 bits per heavy atom. The van der Waals surface area contributed by atoms with E-state index in [1.165, 1.54) is 16.7 Å². The Morgan fingerprint density at radius 1 is 0.875 bits per heavy atom. The first-order valence-corrected chi connectivity index (χ1v) is 9.34. The lowest BCUT2D eigenvalue weighted by Crippen LogP contribution is -2.09. The monoisotopic (exact) mass is 397 g/mol. The minimum absolute atomic E-state index is 0.861. The summed E-state index contributed by atoms with van der Waals surface area (Å²) in [6, 6.07) is 27.1. The van der Waals surface area contributed by atoms with Crippen molar-refractivity contribution in [2.75, 3.05) is 5.43 Å². The average Bonchev–Trinajstić information content (AvgIpc) is 2.61. The number of hydrogen-bond donors (Lipinski definition) is 1. The van der Waals surface area contributed by atoms with Crippen LogP contribution in [0.5, 0.6) is 0 Å². The second kappa shape index (κ2) is 8.18. The van der Waals surface area contributed by atoms with Crippen LogP contribution in [0.1, 0.15) is 5.56 Å². The van der Waals surface area contributed by atoms with Crippen molar-refractivity contribution in [2.45, 2.75) is 5.75 Å². The summed E-state index contributed by atoms with van der Waals surface area (Å²) in [5.74, 6) is 0.861. The summed E-state index contributed by atoms with van der Waals surface area (Å²) in [6.45, 7) is 4.01. The van der Waals surface area contributed by atoms with E-state index in [9.17, 15) is 0 Å². The number of rotatable bonds is 6. The normalized spacial score (nSPS) is 10.4. The number of hydrazine groups is 1. The van der Waals surface area contributed by atoms with Crippen molar-refractivity contribution in [3.63, 3.8) is 0 Å². The first kappa shape index (κ1) is 16.8. The van der Waals surface area contributed by atoms with Gasteiger partial charge in [-0.1, -0.05) is 80.7 Å². The lowest BCUT2D eigenvalue weighted by molar-refractivity contribution is -0.296. The standard InChI is InChI=1S/C20H18BrN2S/c1-23(22-20-9-5-8-19(21)14-20)24-15-16-10-12-18(13-11-16)17-6-3-2-4-7-17/h2-14,22H,1,15H2/q+1. The Bertz CT molecular complexity index is 817. The topological polar surface area (TPSA) is 15.0 Å². The number of hydrogen-bond acceptors (Lipinski definition) is 2. The lowest BCUT2D eigenvalue weighted by Gasteiger charge is -2.04. The fourth-order valence-electron chi connectivity index (χ4n) is 2.31. The maximum absolute atomic E-state index is 4.01. The molecule has 0 heterocycles. The van der Waals surface area contributed by atoms with Gasteiger partial charge in [-0.05, 0) is 34.9 Å². The summed E-state index contributed by atoms with van der Waals surface area (Å²) < 4.78 is 2.83. The third kappa shape index (κ3) is 4.73. The maximum atomic E-state index is 4.01. The van der Waals surface area contributed by atoms with Gasteiger partial charge in [-0.15, -0.1) is 0 Å². The maximum Gasteiger partial charge on any atom is 0.194 e. The van der Waals surface area contributed by atoms with Gasteiger partial charge in [-0.3, -0.25) is 0 Å². The molecule has 0 amide bonds. The van der Waals surface area contributed by atoms with Crippen molar-refractivity contribution >= 4 is 40.3 Å². The van der Waals surface area contributed by atoms with Gasteiger partial charge in [0.25, 0.3) is 0 Å². The molecule has 0 saturated carbocycles. The molecule has 0 fully saturated rings. The first-order valence-electron chi connectivity index (χ1n) is 7.61. The van der Waals surface area contributed by atoms with Crippen LogP contribution in [0.3, 0.4) is 0 Å². The third-order valence-electron chi connectivity index (χ3n) is 3.53. The van der Waals surface area contributed by atoms with Gasteiger partial charge in [-0.2, -0.15) is 5.43 Å². The average molecular weight is 398 g/mol. The highest BCUT2D eigenvalue weighted by atomic mass is 79.9. The van der Waals surface area contributed by atoms with E-state index in [2.05, 4.69) is 76.6 Å². The van der Waals surface area contributed by atoms with E-state index in [0.29, 0.717) is 0 Å². The fourth-order valence-corrected chi connectivity index (χ4v) is 3.38. The van der Waals surface area contributed by atoms with E-state index in [1.54, 1.807) is 16.0 Å². The van der Waals surface area contributed by atoms with E-state index in [1.807, 2.05) is 30.3 Å². The van der Waals surface area contributed by atoms with Crippen molar-refractivity contribution in [1.29, 1.82) is 0 Å². The third-order valence-corrected chi connectivity index (χ3v) is 4.89. The van der Waals surface area contributed by atoms with Crippen molar-refractivity contribution in [1.82, 2.24) is 0 Å². The molecular formula is C20H18BrN2S+. The van der Waals surface area contributed by atoms with Gasteiger partial charge in [-0.25, -0.2) is 0 Å². The highest BCUT2D eigenvalue weighted by Gasteiger charge is 2.06. The molecule has 0 bridgehead atoms.